The Labute approximate surface area is 116 Å². The smallest absolute Gasteiger partial charge is 0.229 e. The lowest BCUT2D eigenvalue weighted by Gasteiger charge is -2.02. The zero-order valence-corrected chi connectivity index (χ0v) is 11.1. The van der Waals surface area contributed by atoms with Gasteiger partial charge in [0.2, 0.25) is 5.91 Å². The molecule has 2 N–H and O–H groups in total. The van der Waals surface area contributed by atoms with E-state index in [1.165, 1.54) is 12.8 Å². The van der Waals surface area contributed by atoms with E-state index in [0.717, 1.165) is 11.3 Å². The van der Waals surface area contributed by atoms with E-state index < -0.39 is 0 Å². The Morgan fingerprint density at radius 3 is 2.79 bits per heavy atom. The van der Waals surface area contributed by atoms with Gasteiger partial charge >= 0.3 is 0 Å². The first kappa shape index (κ1) is 12.2. The summed E-state index contributed by atoms with van der Waals surface area (Å²) in [6.07, 6.45) is 2.74. The van der Waals surface area contributed by atoms with E-state index in [-0.39, 0.29) is 5.91 Å². The lowest BCUT2D eigenvalue weighted by Crippen LogP contribution is -2.14. The quantitative estimate of drug-likeness (QED) is 0.901. The first-order valence-corrected chi connectivity index (χ1v) is 6.68. The van der Waals surface area contributed by atoms with Crippen LogP contribution in [-0.2, 0) is 11.2 Å². The van der Waals surface area contributed by atoms with Crippen LogP contribution >= 0.6 is 11.6 Å². The Hall–Kier alpha value is -1.81. The van der Waals surface area contributed by atoms with E-state index in [1.807, 2.05) is 18.2 Å². The fraction of sp³-hybridized carbons (Fsp3) is 0.286. The van der Waals surface area contributed by atoms with Crippen molar-refractivity contribution in [3.05, 3.63) is 46.6 Å². The standard InChI is InChI=1S/C14H14ClN3O/c15-11-5-1-9(2-6-11)7-14(19)16-13-8-12(17-18-13)10-3-4-10/h1-2,5-6,8,10H,3-4,7H2,(H2,16,17,18,19). The van der Waals surface area contributed by atoms with Crippen LogP contribution in [0.15, 0.2) is 30.3 Å². The van der Waals surface area contributed by atoms with Crippen LogP contribution in [0.5, 0.6) is 0 Å². The topological polar surface area (TPSA) is 57.8 Å². The average Bonchev–Trinajstić information content (AvgIpc) is 3.14. The van der Waals surface area contributed by atoms with Gasteiger partial charge in [0.25, 0.3) is 0 Å². The van der Waals surface area contributed by atoms with Gasteiger partial charge in [0, 0.05) is 22.7 Å². The molecule has 1 aliphatic carbocycles. The number of hydrogen-bond donors (Lipinski definition) is 2. The number of carbonyl (C=O) groups is 1. The van der Waals surface area contributed by atoms with E-state index in [0.29, 0.717) is 23.2 Å². The van der Waals surface area contributed by atoms with E-state index in [2.05, 4.69) is 15.5 Å². The number of hydrogen-bond acceptors (Lipinski definition) is 2. The number of nitrogens with zero attached hydrogens (tertiary/aromatic N) is 1. The minimum absolute atomic E-state index is 0.0730. The fourth-order valence-corrected chi connectivity index (χ4v) is 2.10. The van der Waals surface area contributed by atoms with E-state index in [1.54, 1.807) is 12.1 Å². The molecule has 0 bridgehead atoms. The molecule has 0 unspecified atom stereocenters. The van der Waals surface area contributed by atoms with Gasteiger partial charge < -0.3 is 5.32 Å². The maximum absolute atomic E-state index is 11.9. The number of rotatable bonds is 4. The molecule has 0 saturated heterocycles. The van der Waals surface area contributed by atoms with Crippen LogP contribution in [0.2, 0.25) is 5.02 Å². The molecule has 3 rings (SSSR count). The molecule has 0 aliphatic heterocycles. The number of aromatic amines is 1. The van der Waals surface area contributed by atoms with Gasteiger partial charge in [-0.3, -0.25) is 9.89 Å². The molecule has 4 nitrogen and oxygen atoms in total. The molecule has 5 heteroatoms. The maximum atomic E-state index is 11.9. The molecule has 0 spiro atoms. The van der Waals surface area contributed by atoms with Crippen LogP contribution in [-0.4, -0.2) is 16.1 Å². The van der Waals surface area contributed by atoms with Gasteiger partial charge in [-0.2, -0.15) is 5.10 Å². The Morgan fingerprint density at radius 2 is 2.11 bits per heavy atom. The van der Waals surface area contributed by atoms with Crippen molar-refractivity contribution in [2.75, 3.05) is 5.32 Å². The molecule has 1 aromatic heterocycles. The Balaban J connectivity index is 1.59. The maximum Gasteiger partial charge on any atom is 0.229 e. The SMILES string of the molecule is O=C(Cc1ccc(Cl)cc1)Nc1cc(C2CC2)[nH]n1. The van der Waals surface area contributed by atoms with Gasteiger partial charge in [0.1, 0.15) is 0 Å². The number of halogens is 1. The summed E-state index contributed by atoms with van der Waals surface area (Å²) in [4.78, 5) is 11.9. The highest BCUT2D eigenvalue weighted by Crippen LogP contribution is 2.39. The number of carbonyl (C=O) groups excluding carboxylic acids is 1. The van der Waals surface area contributed by atoms with E-state index in [9.17, 15) is 4.79 Å². The predicted molar refractivity (Wildman–Crippen MR) is 74.3 cm³/mol. The van der Waals surface area contributed by atoms with Crippen molar-refractivity contribution in [3.63, 3.8) is 0 Å². The molecular formula is C14H14ClN3O. The Morgan fingerprint density at radius 1 is 1.37 bits per heavy atom. The van der Waals surface area contributed by atoms with Crippen LogP contribution in [0.4, 0.5) is 5.82 Å². The van der Waals surface area contributed by atoms with Crippen molar-refractivity contribution in [1.82, 2.24) is 10.2 Å². The molecule has 2 aromatic rings. The molecule has 19 heavy (non-hydrogen) atoms. The van der Waals surface area contributed by atoms with Gasteiger partial charge in [0.15, 0.2) is 5.82 Å². The summed E-state index contributed by atoms with van der Waals surface area (Å²) in [5, 5.41) is 10.5. The zero-order valence-electron chi connectivity index (χ0n) is 10.3. The van der Waals surface area contributed by atoms with Crippen LogP contribution in [0.1, 0.15) is 30.0 Å². The number of H-pyrrole nitrogens is 1. The lowest BCUT2D eigenvalue weighted by molar-refractivity contribution is -0.115. The third-order valence-corrected chi connectivity index (χ3v) is 3.41. The van der Waals surface area contributed by atoms with Gasteiger partial charge in [-0.25, -0.2) is 0 Å². The molecule has 1 fully saturated rings. The van der Waals surface area contributed by atoms with Gasteiger partial charge in [-0.1, -0.05) is 23.7 Å². The number of nitrogens with one attached hydrogen (secondary N) is 2. The Kier molecular flexibility index (Phi) is 3.25. The number of benzene rings is 1. The van der Waals surface area contributed by atoms with Crippen LogP contribution in [0.25, 0.3) is 0 Å². The predicted octanol–water partition coefficient (Wildman–Crippen LogP) is 3.12. The summed E-state index contributed by atoms with van der Waals surface area (Å²) in [6.45, 7) is 0. The van der Waals surface area contributed by atoms with Gasteiger partial charge in [-0.05, 0) is 30.5 Å². The van der Waals surface area contributed by atoms with Crippen LogP contribution in [0, 0.1) is 0 Å². The highest BCUT2D eigenvalue weighted by molar-refractivity contribution is 6.30. The van der Waals surface area contributed by atoms with Crippen molar-refractivity contribution in [3.8, 4) is 0 Å². The van der Waals surface area contributed by atoms with Crippen molar-refractivity contribution in [2.45, 2.75) is 25.2 Å². The number of amides is 1. The van der Waals surface area contributed by atoms with Crippen molar-refractivity contribution in [1.29, 1.82) is 0 Å². The molecule has 0 radical (unpaired) electrons. The lowest BCUT2D eigenvalue weighted by atomic mass is 10.1. The molecule has 1 saturated carbocycles. The van der Waals surface area contributed by atoms with Crippen molar-refractivity contribution in [2.24, 2.45) is 0 Å². The van der Waals surface area contributed by atoms with E-state index in [4.69, 9.17) is 11.6 Å². The first-order valence-electron chi connectivity index (χ1n) is 6.30. The molecule has 1 heterocycles. The largest absolute Gasteiger partial charge is 0.309 e. The summed E-state index contributed by atoms with van der Waals surface area (Å²) in [7, 11) is 0. The van der Waals surface area contributed by atoms with Crippen LogP contribution < -0.4 is 5.32 Å². The second-order valence-corrected chi connectivity index (χ2v) is 5.27. The monoisotopic (exact) mass is 275 g/mol. The normalized spacial score (nSPS) is 14.4. The zero-order chi connectivity index (χ0) is 13.2. The van der Waals surface area contributed by atoms with Crippen molar-refractivity contribution >= 4 is 23.3 Å². The third-order valence-electron chi connectivity index (χ3n) is 3.16. The number of aromatic nitrogens is 2. The summed E-state index contributed by atoms with van der Waals surface area (Å²) < 4.78 is 0. The highest BCUT2D eigenvalue weighted by atomic mass is 35.5. The average molecular weight is 276 g/mol. The minimum Gasteiger partial charge on any atom is -0.309 e. The molecule has 98 valence electrons. The third kappa shape index (κ3) is 3.15. The second-order valence-electron chi connectivity index (χ2n) is 4.83. The second kappa shape index (κ2) is 5.05. The first-order chi connectivity index (χ1) is 9.20. The summed E-state index contributed by atoms with van der Waals surface area (Å²) in [5.41, 5.74) is 2.04. The van der Waals surface area contributed by atoms with Crippen LogP contribution in [0.3, 0.4) is 0 Å². The molecule has 0 atom stereocenters. The molecular weight excluding hydrogens is 262 g/mol. The van der Waals surface area contributed by atoms with E-state index >= 15 is 0 Å². The fourth-order valence-electron chi connectivity index (χ4n) is 1.98. The van der Waals surface area contributed by atoms with Gasteiger partial charge in [0.05, 0.1) is 6.42 Å². The molecule has 1 aliphatic rings. The number of anilines is 1. The minimum atomic E-state index is -0.0730. The van der Waals surface area contributed by atoms with Crippen molar-refractivity contribution < 1.29 is 4.79 Å². The summed E-state index contributed by atoms with van der Waals surface area (Å²) in [6, 6.07) is 9.18. The Bertz CT molecular complexity index is 587. The molecule has 1 aromatic carbocycles. The van der Waals surface area contributed by atoms with Gasteiger partial charge in [-0.15, -0.1) is 0 Å². The summed E-state index contributed by atoms with van der Waals surface area (Å²) >= 11 is 5.80. The molecule has 1 amide bonds. The highest BCUT2D eigenvalue weighted by Gasteiger charge is 2.25. The summed E-state index contributed by atoms with van der Waals surface area (Å²) in [5.74, 6) is 1.13.